The van der Waals surface area contributed by atoms with E-state index in [2.05, 4.69) is 23.5 Å². The number of amides is 1. The molecular weight excluding hydrogens is 208 g/mol. The lowest BCUT2D eigenvalue weighted by Gasteiger charge is -1.98. The fourth-order valence-corrected chi connectivity index (χ4v) is 2.07. The lowest BCUT2D eigenvalue weighted by atomic mass is 10.3. The van der Waals surface area contributed by atoms with Crippen LogP contribution in [0.5, 0.6) is 0 Å². The molecule has 1 aromatic rings. The number of carbonyl (C=O) groups is 1. The van der Waals surface area contributed by atoms with Crippen molar-refractivity contribution in [2.24, 2.45) is 11.0 Å². The molecule has 0 saturated heterocycles. The van der Waals surface area contributed by atoms with Crippen LogP contribution in [0, 0.1) is 12.8 Å². The van der Waals surface area contributed by atoms with Gasteiger partial charge in [-0.1, -0.05) is 0 Å². The van der Waals surface area contributed by atoms with Crippen LogP contribution in [0.4, 0.5) is 0 Å². The average molecular weight is 222 g/mol. The summed E-state index contributed by atoms with van der Waals surface area (Å²) < 4.78 is 0. The first-order chi connectivity index (χ1) is 7.16. The molecule has 4 heteroatoms. The number of nitrogens with zero attached hydrogens (tertiary/aromatic N) is 1. The van der Waals surface area contributed by atoms with Gasteiger partial charge in [0.05, 0.1) is 10.6 Å². The molecule has 0 aliphatic heterocycles. The Morgan fingerprint density at radius 2 is 2.27 bits per heavy atom. The van der Waals surface area contributed by atoms with Crippen LogP contribution in [-0.2, 0) is 4.79 Å². The first-order valence-electron chi connectivity index (χ1n) is 5.08. The van der Waals surface area contributed by atoms with Crippen molar-refractivity contribution in [3.8, 4) is 0 Å². The number of hydrazone groups is 1. The maximum Gasteiger partial charge on any atom is 0.243 e. The van der Waals surface area contributed by atoms with Crippen LogP contribution < -0.4 is 5.43 Å². The Morgan fingerprint density at radius 3 is 2.80 bits per heavy atom. The lowest BCUT2D eigenvalue weighted by molar-refractivity contribution is -0.122. The van der Waals surface area contributed by atoms with E-state index in [0.717, 1.165) is 23.4 Å². The zero-order valence-corrected chi connectivity index (χ0v) is 9.73. The van der Waals surface area contributed by atoms with Crippen molar-refractivity contribution < 1.29 is 4.79 Å². The largest absolute Gasteiger partial charge is 0.273 e. The van der Waals surface area contributed by atoms with Crippen molar-refractivity contribution in [1.29, 1.82) is 0 Å². The standard InChI is InChI=1S/C11H14N2OS/c1-7-3-6-10(15-7)8(2)12-13-11(14)9-4-5-9/h3,6,9H,4-5H2,1-2H3,(H,13,14)/b12-8-. The first-order valence-corrected chi connectivity index (χ1v) is 5.89. The third-order valence-electron chi connectivity index (χ3n) is 2.38. The van der Waals surface area contributed by atoms with E-state index in [9.17, 15) is 4.79 Å². The third kappa shape index (κ3) is 2.65. The van der Waals surface area contributed by atoms with Gasteiger partial charge in [0.25, 0.3) is 0 Å². The van der Waals surface area contributed by atoms with Crippen molar-refractivity contribution in [3.05, 3.63) is 21.9 Å². The van der Waals surface area contributed by atoms with Gasteiger partial charge in [-0.3, -0.25) is 4.79 Å². The van der Waals surface area contributed by atoms with Crippen molar-refractivity contribution in [2.45, 2.75) is 26.7 Å². The highest BCUT2D eigenvalue weighted by molar-refractivity contribution is 7.14. The van der Waals surface area contributed by atoms with Crippen molar-refractivity contribution >= 4 is 23.0 Å². The van der Waals surface area contributed by atoms with Crippen LogP contribution in [0.3, 0.4) is 0 Å². The van der Waals surface area contributed by atoms with Crippen molar-refractivity contribution in [2.75, 3.05) is 0 Å². The number of carbonyl (C=O) groups excluding carboxylic acids is 1. The highest BCUT2D eigenvalue weighted by Crippen LogP contribution is 2.28. The summed E-state index contributed by atoms with van der Waals surface area (Å²) in [5.41, 5.74) is 3.48. The maximum absolute atomic E-state index is 11.3. The minimum atomic E-state index is 0.0580. The summed E-state index contributed by atoms with van der Waals surface area (Å²) in [4.78, 5) is 13.7. The van der Waals surface area contributed by atoms with Gasteiger partial charge in [0, 0.05) is 10.8 Å². The Kier molecular flexibility index (Phi) is 2.86. The van der Waals surface area contributed by atoms with E-state index < -0.39 is 0 Å². The molecule has 0 radical (unpaired) electrons. The van der Waals surface area contributed by atoms with Gasteiger partial charge in [-0.15, -0.1) is 11.3 Å². The summed E-state index contributed by atoms with van der Waals surface area (Å²) in [6.45, 7) is 3.97. The quantitative estimate of drug-likeness (QED) is 0.619. The zero-order valence-electron chi connectivity index (χ0n) is 8.91. The first kappa shape index (κ1) is 10.4. The molecule has 1 aromatic heterocycles. The molecule has 1 heterocycles. The van der Waals surface area contributed by atoms with E-state index in [1.807, 2.05) is 13.0 Å². The molecule has 0 atom stereocenters. The highest BCUT2D eigenvalue weighted by atomic mass is 32.1. The molecule has 0 bridgehead atoms. The summed E-state index contributed by atoms with van der Waals surface area (Å²) >= 11 is 1.69. The Bertz CT molecular complexity index is 404. The van der Waals surface area contributed by atoms with Gasteiger partial charge in [-0.25, -0.2) is 5.43 Å². The van der Waals surface area contributed by atoms with E-state index in [1.165, 1.54) is 4.88 Å². The molecule has 1 N–H and O–H groups in total. The second kappa shape index (κ2) is 4.14. The SMILES string of the molecule is C/C(=N/NC(=O)C1CC1)c1ccc(C)s1. The Labute approximate surface area is 93.2 Å². The molecule has 0 aromatic carbocycles. The summed E-state index contributed by atoms with van der Waals surface area (Å²) in [7, 11) is 0. The van der Waals surface area contributed by atoms with E-state index in [0.29, 0.717) is 0 Å². The Balaban J connectivity index is 1.97. The van der Waals surface area contributed by atoms with Crippen LogP contribution in [-0.4, -0.2) is 11.6 Å². The predicted molar refractivity (Wildman–Crippen MR) is 62.1 cm³/mol. The van der Waals surface area contributed by atoms with Crippen LogP contribution in [0.15, 0.2) is 17.2 Å². The Hall–Kier alpha value is -1.16. The predicted octanol–water partition coefficient (Wildman–Crippen LogP) is 2.31. The van der Waals surface area contributed by atoms with E-state index in [-0.39, 0.29) is 11.8 Å². The number of thiophene rings is 1. The minimum absolute atomic E-state index is 0.0580. The Morgan fingerprint density at radius 1 is 1.53 bits per heavy atom. The number of aryl methyl sites for hydroxylation is 1. The zero-order chi connectivity index (χ0) is 10.8. The summed E-state index contributed by atoms with van der Waals surface area (Å²) in [5.74, 6) is 0.272. The van der Waals surface area contributed by atoms with Gasteiger partial charge in [0.2, 0.25) is 5.91 Å². The van der Waals surface area contributed by atoms with Crippen molar-refractivity contribution in [1.82, 2.24) is 5.43 Å². The number of rotatable bonds is 3. The minimum Gasteiger partial charge on any atom is -0.273 e. The molecule has 80 valence electrons. The molecule has 15 heavy (non-hydrogen) atoms. The number of hydrogen-bond donors (Lipinski definition) is 1. The van der Waals surface area contributed by atoms with E-state index in [1.54, 1.807) is 11.3 Å². The maximum atomic E-state index is 11.3. The molecule has 0 unspecified atom stereocenters. The van der Waals surface area contributed by atoms with Crippen LogP contribution in [0.25, 0.3) is 0 Å². The molecular formula is C11H14N2OS. The normalized spacial score (nSPS) is 16.5. The van der Waals surface area contributed by atoms with Gasteiger partial charge in [0.15, 0.2) is 0 Å². The van der Waals surface area contributed by atoms with Gasteiger partial charge < -0.3 is 0 Å². The molecule has 1 aliphatic rings. The third-order valence-corrected chi connectivity index (χ3v) is 3.49. The topological polar surface area (TPSA) is 41.5 Å². The van der Waals surface area contributed by atoms with Crippen LogP contribution in [0.1, 0.15) is 29.5 Å². The molecule has 1 amide bonds. The van der Waals surface area contributed by atoms with Crippen LogP contribution >= 0.6 is 11.3 Å². The molecule has 0 spiro atoms. The summed E-state index contributed by atoms with van der Waals surface area (Å²) in [6, 6.07) is 4.09. The lowest BCUT2D eigenvalue weighted by Crippen LogP contribution is -2.20. The van der Waals surface area contributed by atoms with Crippen molar-refractivity contribution in [3.63, 3.8) is 0 Å². The average Bonchev–Trinajstić information content (AvgIpc) is 2.97. The molecule has 1 aliphatic carbocycles. The van der Waals surface area contributed by atoms with E-state index in [4.69, 9.17) is 0 Å². The second-order valence-corrected chi connectivity index (χ2v) is 5.15. The van der Waals surface area contributed by atoms with E-state index >= 15 is 0 Å². The van der Waals surface area contributed by atoms with Gasteiger partial charge >= 0.3 is 0 Å². The fraction of sp³-hybridized carbons (Fsp3) is 0.455. The summed E-state index contributed by atoms with van der Waals surface area (Å²) in [6.07, 6.45) is 2.02. The number of nitrogens with one attached hydrogen (secondary N) is 1. The van der Waals surface area contributed by atoms with Gasteiger partial charge in [-0.2, -0.15) is 5.10 Å². The van der Waals surface area contributed by atoms with Crippen LogP contribution in [0.2, 0.25) is 0 Å². The highest BCUT2D eigenvalue weighted by Gasteiger charge is 2.29. The monoisotopic (exact) mass is 222 g/mol. The molecule has 3 nitrogen and oxygen atoms in total. The molecule has 1 saturated carbocycles. The van der Waals surface area contributed by atoms with Gasteiger partial charge in [0.1, 0.15) is 0 Å². The fourth-order valence-electron chi connectivity index (χ4n) is 1.26. The molecule has 1 fully saturated rings. The van der Waals surface area contributed by atoms with Gasteiger partial charge in [-0.05, 0) is 38.8 Å². The summed E-state index contributed by atoms with van der Waals surface area (Å²) in [5, 5.41) is 4.10. The second-order valence-electron chi connectivity index (χ2n) is 3.86. The number of hydrogen-bond acceptors (Lipinski definition) is 3. The smallest absolute Gasteiger partial charge is 0.243 e. The molecule has 2 rings (SSSR count).